The van der Waals surface area contributed by atoms with Crippen LogP contribution in [0.25, 0.3) is 0 Å². The fraction of sp³-hybridized carbons (Fsp3) is 0.500. The van der Waals surface area contributed by atoms with Gasteiger partial charge in [0.25, 0.3) is 0 Å². The second-order valence-electron chi connectivity index (χ2n) is 5.39. The van der Waals surface area contributed by atoms with Crippen molar-refractivity contribution < 1.29 is 9.53 Å². The molecule has 0 fully saturated rings. The highest BCUT2D eigenvalue weighted by Gasteiger charge is 2.23. The minimum Gasteiger partial charge on any atom is -0.445 e. The average Bonchev–Trinajstić information content (AvgIpc) is 2.36. The molecular weight excluding hydrogens is 244 g/mol. The zero-order chi connectivity index (χ0) is 14.5. The van der Waals surface area contributed by atoms with Crippen LogP contribution in [0.5, 0.6) is 0 Å². The molecule has 0 atom stereocenters. The summed E-state index contributed by atoms with van der Waals surface area (Å²) in [7, 11) is 1.71. The van der Waals surface area contributed by atoms with Crippen molar-refractivity contribution >= 4 is 6.09 Å². The van der Waals surface area contributed by atoms with E-state index in [1.165, 1.54) is 0 Å². The van der Waals surface area contributed by atoms with Gasteiger partial charge in [-0.05, 0) is 31.9 Å². The fourth-order valence-corrected chi connectivity index (χ4v) is 1.33. The first-order chi connectivity index (χ1) is 8.84. The van der Waals surface area contributed by atoms with Crippen LogP contribution in [0.1, 0.15) is 31.9 Å². The van der Waals surface area contributed by atoms with Gasteiger partial charge in [-0.15, -0.1) is 0 Å². The topological polar surface area (TPSA) is 59.0 Å². The number of benzene rings is 1. The number of carbonyl (C=O) groups is 1. The number of nitrogens with zero attached hydrogens (tertiary/aromatic N) is 2. The Hall–Kier alpha value is -1.91. The number of carbonyl (C=O) groups excluding carboxylic acids is 1. The molecule has 0 aliphatic heterocycles. The Kier molecular flexibility index (Phi) is 5.03. The lowest BCUT2D eigenvalue weighted by Gasteiger charge is -2.30. The molecule has 1 rings (SSSR count). The lowest BCUT2D eigenvalue weighted by atomic mass is 10.1. The van der Waals surface area contributed by atoms with Crippen molar-refractivity contribution in [1.82, 2.24) is 4.90 Å². The molecule has 104 valence electrons. The van der Waals surface area contributed by atoms with Gasteiger partial charge in [0.05, 0.1) is 0 Å². The van der Waals surface area contributed by atoms with E-state index in [-0.39, 0.29) is 24.8 Å². The molecule has 0 bridgehead atoms. The van der Waals surface area contributed by atoms with E-state index in [0.717, 1.165) is 11.1 Å². The minimum absolute atomic E-state index is 0.160. The molecule has 0 unspecified atom stereocenters. The van der Waals surface area contributed by atoms with Crippen LogP contribution < -0.4 is 0 Å². The Balaban J connectivity index is 2.52. The molecule has 0 aliphatic rings. The summed E-state index contributed by atoms with van der Waals surface area (Å²) in [4.78, 5) is 23.5. The van der Waals surface area contributed by atoms with Crippen molar-refractivity contribution in [1.29, 1.82) is 0 Å². The molecular formula is C14H20N2O3. The predicted octanol–water partition coefficient (Wildman–Crippen LogP) is 3.32. The van der Waals surface area contributed by atoms with E-state index in [2.05, 4.69) is 5.18 Å². The van der Waals surface area contributed by atoms with Gasteiger partial charge in [-0.2, -0.15) is 4.91 Å². The van der Waals surface area contributed by atoms with Crippen molar-refractivity contribution in [3.8, 4) is 0 Å². The van der Waals surface area contributed by atoms with Crippen LogP contribution in [-0.2, 0) is 17.9 Å². The van der Waals surface area contributed by atoms with Crippen LogP contribution in [0.2, 0.25) is 0 Å². The van der Waals surface area contributed by atoms with Crippen molar-refractivity contribution in [2.24, 2.45) is 5.18 Å². The molecule has 0 N–H and O–H groups in total. The zero-order valence-corrected chi connectivity index (χ0v) is 11.8. The highest BCUT2D eigenvalue weighted by Crippen LogP contribution is 2.13. The Morgan fingerprint density at radius 1 is 1.21 bits per heavy atom. The van der Waals surface area contributed by atoms with Crippen LogP contribution in [0.3, 0.4) is 0 Å². The number of hydrogen-bond acceptors (Lipinski definition) is 4. The maximum absolute atomic E-state index is 11.8. The van der Waals surface area contributed by atoms with Gasteiger partial charge >= 0.3 is 6.09 Å². The molecule has 19 heavy (non-hydrogen) atoms. The van der Waals surface area contributed by atoms with Crippen LogP contribution in [-0.4, -0.2) is 23.6 Å². The standard InChI is InChI=1S/C14H20N2O3/c1-14(2,3)16(4)13(17)19-10-12-7-5-11(6-8-12)9-15-18/h5-8H,9-10H2,1-4H3. The highest BCUT2D eigenvalue weighted by molar-refractivity contribution is 5.68. The Bertz CT molecular complexity index is 435. The monoisotopic (exact) mass is 264 g/mol. The molecule has 0 aromatic heterocycles. The van der Waals surface area contributed by atoms with E-state index in [9.17, 15) is 9.70 Å². The summed E-state index contributed by atoms with van der Waals surface area (Å²) in [6, 6.07) is 7.26. The van der Waals surface area contributed by atoms with Crippen molar-refractivity contribution in [2.75, 3.05) is 7.05 Å². The third kappa shape index (κ3) is 4.69. The van der Waals surface area contributed by atoms with Crippen LogP contribution >= 0.6 is 0 Å². The van der Waals surface area contributed by atoms with E-state index in [1.807, 2.05) is 32.9 Å². The van der Waals surface area contributed by atoms with E-state index in [0.29, 0.717) is 0 Å². The summed E-state index contributed by atoms with van der Waals surface area (Å²) < 4.78 is 5.22. The molecule has 0 saturated carbocycles. The first-order valence-corrected chi connectivity index (χ1v) is 6.12. The second kappa shape index (κ2) is 6.31. The Morgan fingerprint density at radius 3 is 2.21 bits per heavy atom. The van der Waals surface area contributed by atoms with E-state index in [1.54, 1.807) is 24.1 Å². The SMILES string of the molecule is CN(C(=O)OCc1ccc(CN=O)cc1)C(C)(C)C. The van der Waals surface area contributed by atoms with Crippen molar-refractivity contribution in [2.45, 2.75) is 39.5 Å². The van der Waals surface area contributed by atoms with Gasteiger partial charge in [-0.25, -0.2) is 4.79 Å². The normalized spacial score (nSPS) is 10.9. The average molecular weight is 264 g/mol. The molecule has 1 aromatic rings. The summed E-state index contributed by atoms with van der Waals surface area (Å²) in [5.74, 6) is 0. The van der Waals surface area contributed by atoms with E-state index < -0.39 is 0 Å². The second-order valence-corrected chi connectivity index (χ2v) is 5.39. The van der Waals surface area contributed by atoms with Crippen molar-refractivity contribution in [3.63, 3.8) is 0 Å². The Morgan fingerprint density at radius 2 is 1.74 bits per heavy atom. The molecule has 0 heterocycles. The summed E-state index contributed by atoms with van der Waals surface area (Å²) in [6.07, 6.45) is -0.355. The maximum atomic E-state index is 11.8. The van der Waals surface area contributed by atoms with Crippen LogP contribution in [0.15, 0.2) is 29.4 Å². The molecule has 0 aliphatic carbocycles. The van der Waals surface area contributed by atoms with Gasteiger partial charge in [0.2, 0.25) is 0 Å². The first-order valence-electron chi connectivity index (χ1n) is 6.12. The van der Waals surface area contributed by atoms with Gasteiger partial charge in [0.15, 0.2) is 0 Å². The number of hydrogen-bond donors (Lipinski definition) is 0. The van der Waals surface area contributed by atoms with Gasteiger partial charge < -0.3 is 9.64 Å². The lowest BCUT2D eigenvalue weighted by molar-refractivity contribution is 0.0759. The van der Waals surface area contributed by atoms with Gasteiger partial charge in [0, 0.05) is 12.6 Å². The lowest BCUT2D eigenvalue weighted by Crippen LogP contribution is -2.42. The number of rotatable bonds is 4. The molecule has 0 spiro atoms. The van der Waals surface area contributed by atoms with Gasteiger partial charge in [-0.1, -0.05) is 29.4 Å². The molecule has 1 aromatic carbocycles. The third-order valence-electron chi connectivity index (χ3n) is 2.91. The van der Waals surface area contributed by atoms with Gasteiger partial charge in [-0.3, -0.25) is 0 Å². The van der Waals surface area contributed by atoms with Gasteiger partial charge in [0.1, 0.15) is 13.2 Å². The quantitative estimate of drug-likeness (QED) is 0.784. The first kappa shape index (κ1) is 15.1. The predicted molar refractivity (Wildman–Crippen MR) is 73.6 cm³/mol. The van der Waals surface area contributed by atoms with Crippen LogP contribution in [0.4, 0.5) is 4.79 Å². The highest BCUT2D eigenvalue weighted by atomic mass is 16.6. The fourth-order valence-electron chi connectivity index (χ4n) is 1.33. The molecule has 5 heteroatoms. The summed E-state index contributed by atoms with van der Waals surface area (Å²) in [5, 5.41) is 2.82. The third-order valence-corrected chi connectivity index (χ3v) is 2.91. The molecule has 0 radical (unpaired) electrons. The molecule has 1 amide bonds. The number of amides is 1. The number of ether oxygens (including phenoxy) is 1. The molecule has 5 nitrogen and oxygen atoms in total. The largest absolute Gasteiger partial charge is 0.445 e. The summed E-state index contributed by atoms with van der Waals surface area (Å²) >= 11 is 0. The molecule has 0 saturated heterocycles. The Labute approximate surface area is 113 Å². The minimum atomic E-state index is -0.355. The smallest absolute Gasteiger partial charge is 0.410 e. The van der Waals surface area contributed by atoms with Crippen LogP contribution in [0, 0.1) is 4.91 Å². The zero-order valence-electron chi connectivity index (χ0n) is 11.8. The number of nitroso groups, excluding NO2 is 1. The van der Waals surface area contributed by atoms with E-state index >= 15 is 0 Å². The van der Waals surface area contributed by atoms with E-state index in [4.69, 9.17) is 4.74 Å². The summed E-state index contributed by atoms with van der Waals surface area (Å²) in [5.41, 5.74) is 1.46. The van der Waals surface area contributed by atoms with Crippen molar-refractivity contribution in [3.05, 3.63) is 40.3 Å². The maximum Gasteiger partial charge on any atom is 0.410 e. The summed E-state index contributed by atoms with van der Waals surface area (Å²) in [6.45, 7) is 6.20.